The Morgan fingerprint density at radius 3 is 2.58 bits per heavy atom. The lowest BCUT2D eigenvalue weighted by Crippen LogP contribution is -2.22. The summed E-state index contributed by atoms with van der Waals surface area (Å²) in [4.78, 5) is 0. The van der Waals surface area contributed by atoms with Gasteiger partial charge < -0.3 is 5.11 Å². The molecule has 0 saturated carbocycles. The largest absolute Gasteiger partial charge is 0.396 e. The van der Waals surface area contributed by atoms with Gasteiger partial charge in [-0.1, -0.05) is 6.07 Å². The van der Waals surface area contributed by atoms with Crippen LogP contribution in [0.1, 0.15) is 12.0 Å². The highest BCUT2D eigenvalue weighted by Gasteiger charge is 2.33. The van der Waals surface area contributed by atoms with Gasteiger partial charge in [-0.05, 0) is 42.4 Å². The second kappa shape index (κ2) is 5.54. The van der Waals surface area contributed by atoms with Gasteiger partial charge in [0.15, 0.2) is 21.5 Å². The minimum Gasteiger partial charge on any atom is -0.396 e. The molecular formula is C13H16F2O3S. The van der Waals surface area contributed by atoms with Crippen LogP contribution in [-0.2, 0) is 16.3 Å². The van der Waals surface area contributed by atoms with E-state index in [2.05, 4.69) is 0 Å². The molecule has 1 aromatic carbocycles. The fourth-order valence-electron chi connectivity index (χ4n) is 2.55. The first-order valence-corrected chi connectivity index (χ1v) is 7.98. The molecule has 1 heterocycles. The van der Waals surface area contributed by atoms with Crippen LogP contribution in [0.15, 0.2) is 18.2 Å². The van der Waals surface area contributed by atoms with E-state index in [1.807, 2.05) is 0 Å². The SMILES string of the molecule is O=S1(=O)CCC(C(CO)Cc2ccc(F)c(F)c2)C1. The third-order valence-electron chi connectivity index (χ3n) is 3.65. The van der Waals surface area contributed by atoms with Crippen LogP contribution >= 0.6 is 0 Å². The maximum atomic E-state index is 13.1. The van der Waals surface area contributed by atoms with E-state index in [9.17, 15) is 22.3 Å². The highest BCUT2D eigenvalue weighted by Crippen LogP contribution is 2.28. The summed E-state index contributed by atoms with van der Waals surface area (Å²) in [7, 11) is -3.00. The molecular weight excluding hydrogens is 274 g/mol. The number of aliphatic hydroxyl groups is 1. The van der Waals surface area contributed by atoms with Crippen LogP contribution in [0, 0.1) is 23.5 Å². The summed E-state index contributed by atoms with van der Waals surface area (Å²) < 4.78 is 48.8. The summed E-state index contributed by atoms with van der Waals surface area (Å²) >= 11 is 0. The molecule has 6 heteroatoms. The van der Waals surface area contributed by atoms with Crippen LogP contribution in [0.5, 0.6) is 0 Å². The zero-order chi connectivity index (χ0) is 14.0. The van der Waals surface area contributed by atoms with E-state index >= 15 is 0 Å². The predicted molar refractivity (Wildman–Crippen MR) is 67.4 cm³/mol. The standard InChI is InChI=1S/C13H16F2O3S/c14-12-2-1-9(6-13(12)15)5-11(7-16)10-3-4-19(17,18)8-10/h1-2,6,10-11,16H,3-5,7-8H2. The lowest BCUT2D eigenvalue weighted by Gasteiger charge is -2.20. The monoisotopic (exact) mass is 290 g/mol. The zero-order valence-corrected chi connectivity index (χ0v) is 11.2. The molecule has 1 aromatic rings. The topological polar surface area (TPSA) is 54.4 Å². The van der Waals surface area contributed by atoms with E-state index in [1.165, 1.54) is 6.07 Å². The second-order valence-electron chi connectivity index (χ2n) is 5.06. The molecule has 3 nitrogen and oxygen atoms in total. The van der Waals surface area contributed by atoms with Gasteiger partial charge in [0.2, 0.25) is 0 Å². The van der Waals surface area contributed by atoms with Gasteiger partial charge in [-0.25, -0.2) is 17.2 Å². The summed E-state index contributed by atoms with van der Waals surface area (Å²) in [5.41, 5.74) is 0.572. The molecule has 1 aliphatic heterocycles. The third-order valence-corrected chi connectivity index (χ3v) is 5.44. The van der Waals surface area contributed by atoms with E-state index < -0.39 is 21.5 Å². The Hall–Kier alpha value is -1.01. The van der Waals surface area contributed by atoms with E-state index in [-0.39, 0.29) is 29.9 Å². The van der Waals surface area contributed by atoms with Crippen molar-refractivity contribution in [2.24, 2.45) is 11.8 Å². The molecule has 0 bridgehead atoms. The van der Waals surface area contributed by atoms with Gasteiger partial charge in [0.25, 0.3) is 0 Å². The van der Waals surface area contributed by atoms with Crippen molar-refractivity contribution in [2.75, 3.05) is 18.1 Å². The molecule has 0 radical (unpaired) electrons. The number of halogens is 2. The van der Waals surface area contributed by atoms with Crippen LogP contribution in [0.4, 0.5) is 8.78 Å². The first-order chi connectivity index (χ1) is 8.91. The lowest BCUT2D eigenvalue weighted by molar-refractivity contribution is 0.184. The van der Waals surface area contributed by atoms with Crippen molar-refractivity contribution in [2.45, 2.75) is 12.8 Å². The van der Waals surface area contributed by atoms with E-state index in [0.29, 0.717) is 18.4 Å². The van der Waals surface area contributed by atoms with Crippen molar-refractivity contribution in [3.63, 3.8) is 0 Å². The summed E-state index contributed by atoms with van der Waals surface area (Å²) in [6, 6.07) is 3.61. The highest BCUT2D eigenvalue weighted by molar-refractivity contribution is 7.91. The van der Waals surface area contributed by atoms with Gasteiger partial charge in [-0.2, -0.15) is 0 Å². The number of aliphatic hydroxyl groups excluding tert-OH is 1. The molecule has 1 saturated heterocycles. The molecule has 19 heavy (non-hydrogen) atoms. The maximum absolute atomic E-state index is 13.1. The minimum atomic E-state index is -3.00. The van der Waals surface area contributed by atoms with Gasteiger partial charge in [0.05, 0.1) is 11.5 Å². The van der Waals surface area contributed by atoms with Crippen LogP contribution in [-0.4, -0.2) is 31.6 Å². The average Bonchev–Trinajstić information content (AvgIpc) is 2.71. The first kappa shape index (κ1) is 14.4. The van der Waals surface area contributed by atoms with Gasteiger partial charge in [0.1, 0.15) is 0 Å². The third kappa shape index (κ3) is 3.51. The Morgan fingerprint density at radius 2 is 2.05 bits per heavy atom. The molecule has 0 aliphatic carbocycles. The number of sulfone groups is 1. The Balaban J connectivity index is 2.09. The Bertz CT molecular complexity index is 557. The van der Waals surface area contributed by atoms with Crippen LogP contribution in [0.3, 0.4) is 0 Å². The van der Waals surface area contributed by atoms with Crippen LogP contribution in [0.25, 0.3) is 0 Å². The Morgan fingerprint density at radius 1 is 1.32 bits per heavy atom. The van der Waals surface area contributed by atoms with Crippen molar-refractivity contribution in [3.05, 3.63) is 35.4 Å². The fourth-order valence-corrected chi connectivity index (χ4v) is 4.46. The second-order valence-corrected chi connectivity index (χ2v) is 7.29. The van der Waals surface area contributed by atoms with E-state index in [0.717, 1.165) is 12.1 Å². The normalized spacial score (nSPS) is 23.4. The quantitative estimate of drug-likeness (QED) is 0.915. The first-order valence-electron chi connectivity index (χ1n) is 6.16. The lowest BCUT2D eigenvalue weighted by atomic mass is 9.87. The highest BCUT2D eigenvalue weighted by atomic mass is 32.2. The number of rotatable bonds is 4. The van der Waals surface area contributed by atoms with Crippen molar-refractivity contribution in [3.8, 4) is 0 Å². The fraction of sp³-hybridized carbons (Fsp3) is 0.538. The van der Waals surface area contributed by atoms with Crippen molar-refractivity contribution in [1.29, 1.82) is 0 Å². The Labute approximate surface area is 111 Å². The van der Waals surface area contributed by atoms with E-state index in [1.54, 1.807) is 0 Å². The van der Waals surface area contributed by atoms with Gasteiger partial charge >= 0.3 is 0 Å². The van der Waals surface area contributed by atoms with Crippen molar-refractivity contribution >= 4 is 9.84 Å². The molecule has 2 atom stereocenters. The average molecular weight is 290 g/mol. The van der Waals surface area contributed by atoms with Gasteiger partial charge in [-0.3, -0.25) is 0 Å². The molecule has 0 amide bonds. The minimum absolute atomic E-state index is 0.0713. The van der Waals surface area contributed by atoms with Crippen LogP contribution < -0.4 is 0 Å². The molecule has 1 N–H and O–H groups in total. The smallest absolute Gasteiger partial charge is 0.159 e. The summed E-state index contributed by atoms with van der Waals surface area (Å²) in [6.07, 6.45) is 0.880. The number of hydrogen-bond donors (Lipinski definition) is 1. The summed E-state index contributed by atoms with van der Waals surface area (Å²) in [5.74, 6) is -1.96. The van der Waals surface area contributed by atoms with Crippen molar-refractivity contribution < 1.29 is 22.3 Å². The molecule has 1 aliphatic rings. The zero-order valence-electron chi connectivity index (χ0n) is 10.4. The van der Waals surface area contributed by atoms with Gasteiger partial charge in [-0.15, -0.1) is 0 Å². The van der Waals surface area contributed by atoms with E-state index in [4.69, 9.17) is 0 Å². The van der Waals surface area contributed by atoms with Crippen molar-refractivity contribution in [1.82, 2.24) is 0 Å². The molecule has 2 unspecified atom stereocenters. The molecule has 0 spiro atoms. The van der Waals surface area contributed by atoms with Crippen LogP contribution in [0.2, 0.25) is 0 Å². The number of benzene rings is 1. The summed E-state index contributed by atoms with van der Waals surface area (Å²) in [6.45, 7) is -0.154. The summed E-state index contributed by atoms with van der Waals surface area (Å²) in [5, 5.41) is 9.38. The molecule has 0 aromatic heterocycles. The van der Waals surface area contributed by atoms with Gasteiger partial charge in [0, 0.05) is 6.61 Å². The molecule has 2 rings (SSSR count). The molecule has 106 valence electrons. The number of hydrogen-bond acceptors (Lipinski definition) is 3. The predicted octanol–water partition coefficient (Wildman–Crippen LogP) is 1.55. The maximum Gasteiger partial charge on any atom is 0.159 e. The Kier molecular flexibility index (Phi) is 4.20. The molecule has 1 fully saturated rings.